The smallest absolute Gasteiger partial charge is 0.161 e. The summed E-state index contributed by atoms with van der Waals surface area (Å²) in [5, 5.41) is 20.4. The first-order chi connectivity index (χ1) is 12.2. The SMILES string of the molecule is C[C@]12C[C@H](O)[C@]3(F)[C@@H](CC[C@@H]4CC(=O)CC[C@@]43C)[C@@H]1CC[C@@H]2C(=O)CO. The molecule has 2 N–H and O–H groups in total. The van der Waals surface area contributed by atoms with Crippen LogP contribution >= 0.6 is 0 Å². The molecule has 0 heterocycles. The van der Waals surface area contributed by atoms with Gasteiger partial charge in [-0.25, -0.2) is 4.39 Å². The average Bonchev–Trinajstić information content (AvgIpc) is 2.93. The Bertz CT molecular complexity index is 636. The molecule has 0 aromatic carbocycles. The van der Waals surface area contributed by atoms with Crippen LogP contribution in [0.2, 0.25) is 0 Å². The average molecular weight is 366 g/mol. The van der Waals surface area contributed by atoms with E-state index in [-0.39, 0.29) is 41.7 Å². The molecule has 4 aliphatic carbocycles. The minimum atomic E-state index is -1.68. The molecule has 26 heavy (non-hydrogen) atoms. The highest BCUT2D eigenvalue weighted by Crippen LogP contribution is 2.70. The van der Waals surface area contributed by atoms with E-state index in [0.29, 0.717) is 32.1 Å². The number of hydrogen-bond acceptors (Lipinski definition) is 4. The largest absolute Gasteiger partial charge is 0.390 e. The molecule has 4 saturated carbocycles. The highest BCUT2D eigenvalue weighted by molar-refractivity contribution is 5.83. The number of hydrogen-bond donors (Lipinski definition) is 2. The minimum Gasteiger partial charge on any atom is -0.390 e. The van der Waals surface area contributed by atoms with Gasteiger partial charge in [0.25, 0.3) is 0 Å². The Morgan fingerprint density at radius 2 is 1.88 bits per heavy atom. The van der Waals surface area contributed by atoms with Gasteiger partial charge in [0.15, 0.2) is 5.78 Å². The number of aliphatic hydroxyl groups excluding tert-OH is 2. The Balaban J connectivity index is 1.73. The summed E-state index contributed by atoms with van der Waals surface area (Å²) in [5.41, 5.74) is -2.78. The van der Waals surface area contributed by atoms with Crippen LogP contribution in [0.25, 0.3) is 0 Å². The summed E-state index contributed by atoms with van der Waals surface area (Å²) in [5.74, 6) is -0.416. The van der Waals surface area contributed by atoms with E-state index < -0.39 is 29.2 Å². The maximum atomic E-state index is 16.8. The van der Waals surface area contributed by atoms with Gasteiger partial charge in [-0.1, -0.05) is 13.8 Å². The summed E-state index contributed by atoms with van der Waals surface area (Å²) in [4.78, 5) is 24.2. The van der Waals surface area contributed by atoms with Crippen molar-refractivity contribution < 1.29 is 24.2 Å². The molecular formula is C21H31FO4. The van der Waals surface area contributed by atoms with Crippen molar-refractivity contribution in [3.05, 3.63) is 0 Å². The van der Waals surface area contributed by atoms with Gasteiger partial charge < -0.3 is 10.2 Å². The van der Waals surface area contributed by atoms with E-state index in [9.17, 15) is 19.8 Å². The van der Waals surface area contributed by atoms with Gasteiger partial charge in [-0.2, -0.15) is 0 Å². The highest BCUT2D eigenvalue weighted by atomic mass is 19.1. The van der Waals surface area contributed by atoms with Crippen molar-refractivity contribution >= 4 is 11.6 Å². The van der Waals surface area contributed by atoms with Crippen LogP contribution in [0, 0.1) is 34.5 Å². The van der Waals surface area contributed by atoms with Crippen LogP contribution in [0.1, 0.15) is 65.2 Å². The number of carbonyl (C=O) groups is 2. The number of Topliss-reactive ketones (excluding diaryl/α,β-unsaturated/α-hetero) is 2. The number of halogens is 1. The lowest BCUT2D eigenvalue weighted by Crippen LogP contribution is -2.69. The molecule has 0 bridgehead atoms. The fraction of sp³-hybridized carbons (Fsp3) is 0.905. The van der Waals surface area contributed by atoms with Gasteiger partial charge in [0, 0.05) is 24.2 Å². The maximum absolute atomic E-state index is 16.8. The summed E-state index contributed by atoms with van der Waals surface area (Å²) in [6.07, 6.45) is 3.51. The van der Waals surface area contributed by atoms with E-state index in [1.54, 1.807) is 0 Å². The summed E-state index contributed by atoms with van der Waals surface area (Å²) in [7, 11) is 0. The van der Waals surface area contributed by atoms with E-state index >= 15 is 4.39 Å². The molecule has 0 unspecified atom stereocenters. The summed E-state index contributed by atoms with van der Waals surface area (Å²) < 4.78 is 16.8. The van der Waals surface area contributed by atoms with E-state index in [4.69, 9.17) is 0 Å². The Hall–Kier alpha value is -0.810. The molecule has 0 aromatic heterocycles. The number of ketones is 2. The van der Waals surface area contributed by atoms with Crippen LogP contribution < -0.4 is 0 Å². The summed E-state index contributed by atoms with van der Waals surface area (Å²) >= 11 is 0. The fourth-order valence-electron chi connectivity index (χ4n) is 7.69. The summed E-state index contributed by atoms with van der Waals surface area (Å²) in [6, 6.07) is 0. The van der Waals surface area contributed by atoms with E-state index in [1.165, 1.54) is 0 Å². The second-order valence-corrected chi connectivity index (χ2v) is 9.90. The molecular weight excluding hydrogens is 335 g/mol. The fourth-order valence-corrected chi connectivity index (χ4v) is 7.69. The van der Waals surface area contributed by atoms with E-state index in [0.717, 1.165) is 12.8 Å². The molecule has 4 rings (SSSR count). The molecule has 5 heteroatoms. The van der Waals surface area contributed by atoms with Crippen molar-refractivity contribution in [2.75, 3.05) is 6.61 Å². The monoisotopic (exact) mass is 366 g/mol. The topological polar surface area (TPSA) is 74.6 Å². The normalized spacial score (nSPS) is 53.6. The third-order valence-corrected chi connectivity index (χ3v) is 9.10. The molecule has 0 amide bonds. The van der Waals surface area contributed by atoms with Gasteiger partial charge in [0.2, 0.25) is 0 Å². The van der Waals surface area contributed by atoms with Gasteiger partial charge in [0.05, 0.1) is 6.10 Å². The number of aliphatic hydroxyl groups is 2. The van der Waals surface area contributed by atoms with Gasteiger partial charge in [-0.3, -0.25) is 9.59 Å². The van der Waals surface area contributed by atoms with Crippen LogP contribution in [0.15, 0.2) is 0 Å². The highest BCUT2D eigenvalue weighted by Gasteiger charge is 2.72. The Labute approximate surface area is 154 Å². The van der Waals surface area contributed by atoms with Crippen molar-refractivity contribution in [2.24, 2.45) is 34.5 Å². The lowest BCUT2D eigenvalue weighted by Gasteiger charge is -2.64. The van der Waals surface area contributed by atoms with Crippen molar-refractivity contribution in [3.63, 3.8) is 0 Å². The van der Waals surface area contributed by atoms with Crippen LogP contribution in [-0.2, 0) is 9.59 Å². The van der Waals surface area contributed by atoms with Crippen molar-refractivity contribution in [1.29, 1.82) is 0 Å². The number of rotatable bonds is 2. The molecule has 0 aromatic rings. The van der Waals surface area contributed by atoms with Crippen molar-refractivity contribution in [2.45, 2.75) is 77.0 Å². The van der Waals surface area contributed by atoms with E-state index in [2.05, 4.69) is 0 Å². The second-order valence-electron chi connectivity index (χ2n) is 9.90. The number of carbonyl (C=O) groups excluding carboxylic acids is 2. The standard InChI is InChI=1S/C21H31FO4/c1-19-10-18(26)21(22)15(14(19)5-6-16(19)17(25)11-23)4-3-12-9-13(24)7-8-20(12,21)2/h12,14-16,18,23,26H,3-11H2,1-2H3/t12-,14+,15+,16-,18+,19+,20+,21-/m1/s1. The third kappa shape index (κ3) is 2.13. The molecule has 0 spiro atoms. The van der Waals surface area contributed by atoms with Crippen molar-refractivity contribution in [1.82, 2.24) is 0 Å². The van der Waals surface area contributed by atoms with Crippen LogP contribution in [-0.4, -0.2) is 40.2 Å². The quantitative estimate of drug-likeness (QED) is 0.788. The van der Waals surface area contributed by atoms with Crippen molar-refractivity contribution in [3.8, 4) is 0 Å². The third-order valence-electron chi connectivity index (χ3n) is 9.10. The number of alkyl halides is 1. The Kier molecular flexibility index (Phi) is 4.17. The zero-order valence-electron chi connectivity index (χ0n) is 15.8. The van der Waals surface area contributed by atoms with Gasteiger partial charge in [-0.05, 0) is 61.7 Å². The van der Waals surface area contributed by atoms with Crippen LogP contribution in [0.5, 0.6) is 0 Å². The molecule has 8 atom stereocenters. The molecule has 4 aliphatic rings. The van der Waals surface area contributed by atoms with E-state index in [1.807, 2.05) is 13.8 Å². The predicted molar refractivity (Wildman–Crippen MR) is 94.1 cm³/mol. The lowest BCUT2D eigenvalue weighted by atomic mass is 9.42. The molecule has 146 valence electrons. The molecule has 4 fully saturated rings. The lowest BCUT2D eigenvalue weighted by molar-refractivity contribution is -0.242. The zero-order chi connectivity index (χ0) is 18.9. The van der Waals surface area contributed by atoms with Crippen LogP contribution in [0.4, 0.5) is 4.39 Å². The second kappa shape index (κ2) is 5.84. The minimum absolute atomic E-state index is 0.0141. The molecule has 0 radical (unpaired) electrons. The Morgan fingerprint density at radius 3 is 2.58 bits per heavy atom. The van der Waals surface area contributed by atoms with Gasteiger partial charge in [-0.15, -0.1) is 0 Å². The Morgan fingerprint density at radius 1 is 1.19 bits per heavy atom. The molecule has 0 aliphatic heterocycles. The number of fused-ring (bicyclic) bond motifs is 5. The first kappa shape index (κ1) is 18.5. The first-order valence-electron chi connectivity index (χ1n) is 10.2. The maximum Gasteiger partial charge on any atom is 0.161 e. The summed E-state index contributed by atoms with van der Waals surface area (Å²) in [6.45, 7) is 3.49. The molecule has 0 saturated heterocycles. The van der Waals surface area contributed by atoms with Gasteiger partial charge >= 0.3 is 0 Å². The first-order valence-corrected chi connectivity index (χ1v) is 10.2. The predicted octanol–water partition coefficient (Wildman–Crippen LogP) is 2.84. The van der Waals surface area contributed by atoms with Gasteiger partial charge in [0.1, 0.15) is 18.1 Å². The zero-order valence-corrected chi connectivity index (χ0v) is 15.8. The van der Waals surface area contributed by atoms with Crippen LogP contribution in [0.3, 0.4) is 0 Å². The molecule has 4 nitrogen and oxygen atoms in total.